The molecule has 82 valence electrons. The molecule has 0 atom stereocenters. The summed E-state index contributed by atoms with van der Waals surface area (Å²) in [5, 5.41) is 0. The van der Waals surface area contributed by atoms with Crippen LogP contribution in [0.25, 0.3) is 0 Å². The molecule has 8 heteroatoms. The van der Waals surface area contributed by atoms with Gasteiger partial charge in [-0.3, -0.25) is 0 Å². The Bertz CT molecular complexity index is 254. The van der Waals surface area contributed by atoms with Crippen molar-refractivity contribution >= 4 is 53.8 Å². The Morgan fingerprint density at radius 1 is 1.29 bits per heavy atom. The van der Waals surface area contributed by atoms with Crippen LogP contribution in [0.5, 0.6) is 0 Å². The third-order valence-corrected chi connectivity index (χ3v) is 2.87. The van der Waals surface area contributed by atoms with Gasteiger partial charge in [-0.25, -0.2) is 4.79 Å². The molecule has 0 bridgehead atoms. The summed E-state index contributed by atoms with van der Waals surface area (Å²) >= 11 is 9.08. The Morgan fingerprint density at radius 2 is 1.71 bits per heavy atom. The molecule has 0 fully saturated rings. The number of hydrogen-bond donors (Lipinski definition) is 0. The average Bonchev–Trinajstić information content (AvgIpc) is 1.79. The molecule has 0 unspecified atom stereocenters. The minimum Gasteiger partial charge on any atom is -0.370 e. The van der Waals surface area contributed by atoms with Crippen molar-refractivity contribution < 1.29 is 22.7 Å². The number of rotatable bonds is 1. The van der Waals surface area contributed by atoms with Crippen LogP contribution < -0.4 is 0 Å². The summed E-state index contributed by atoms with van der Waals surface area (Å²) in [6, 6.07) is 0. The summed E-state index contributed by atoms with van der Waals surface area (Å²) in [6.45, 7) is 1.44. The first-order chi connectivity index (χ1) is 6.02. The van der Waals surface area contributed by atoms with Crippen LogP contribution in [0.1, 0.15) is 6.92 Å². The Labute approximate surface area is 103 Å². The third-order valence-electron chi connectivity index (χ3n) is 0.998. The van der Waals surface area contributed by atoms with E-state index in [0.29, 0.717) is 6.08 Å². The Balaban J connectivity index is 4.46. The number of allylic oxidation sites excluding steroid dienone is 1. The highest BCUT2D eigenvalue weighted by atomic mass is 80.0. The molecule has 0 aromatic carbocycles. The Kier molecular flexibility index (Phi) is 5.13. The lowest BCUT2D eigenvalue weighted by Gasteiger charge is -2.12. The predicted molar refractivity (Wildman–Crippen MR) is 55.4 cm³/mol. The molecule has 0 aromatic rings. The van der Waals surface area contributed by atoms with Gasteiger partial charge in [0.1, 0.15) is 0 Å². The number of alkyl halides is 6. The van der Waals surface area contributed by atoms with Gasteiger partial charge in [-0.05, 0) is 12.5 Å². The van der Waals surface area contributed by atoms with Crippen LogP contribution in [-0.2, 0) is 9.53 Å². The molecule has 0 aliphatic heterocycles. The smallest absolute Gasteiger partial charge is 0.370 e. The molecule has 2 nitrogen and oxygen atoms in total. The lowest BCUT2D eigenvalue weighted by Crippen LogP contribution is -2.18. The summed E-state index contributed by atoms with van der Waals surface area (Å²) in [5.41, 5.74) is 0.284. The van der Waals surface area contributed by atoms with E-state index in [-0.39, 0.29) is 5.57 Å². The molecule has 0 rings (SSSR count). The lowest BCUT2D eigenvalue weighted by atomic mass is 10.3. The van der Waals surface area contributed by atoms with Gasteiger partial charge >= 0.3 is 12.3 Å². The van der Waals surface area contributed by atoms with Crippen molar-refractivity contribution in [1.82, 2.24) is 0 Å². The van der Waals surface area contributed by atoms with Crippen molar-refractivity contribution in [3.05, 3.63) is 11.6 Å². The van der Waals surface area contributed by atoms with Crippen LogP contribution in [-0.4, -0.2) is 14.5 Å². The van der Waals surface area contributed by atoms with E-state index in [2.05, 4.69) is 52.5 Å². The zero-order chi connectivity index (χ0) is 11.6. The number of carbonyl (C=O) groups excluding carboxylic acids is 1. The molecule has 0 radical (unpaired) electrons. The summed E-state index contributed by atoms with van der Waals surface area (Å²) in [6.07, 6.45) is -4.24. The van der Waals surface area contributed by atoms with Gasteiger partial charge in [0, 0.05) is 6.08 Å². The average molecular weight is 405 g/mol. The van der Waals surface area contributed by atoms with E-state index in [1.54, 1.807) is 0 Å². The van der Waals surface area contributed by atoms with Crippen LogP contribution in [0, 0.1) is 0 Å². The Morgan fingerprint density at radius 3 is 2.00 bits per heavy atom. The number of halogens is 6. The topological polar surface area (TPSA) is 26.3 Å². The number of esters is 1. The van der Waals surface area contributed by atoms with Gasteiger partial charge in [-0.15, -0.1) is 13.2 Å². The zero-order valence-electron chi connectivity index (χ0n) is 6.66. The molecule has 0 spiro atoms. The summed E-state index contributed by atoms with van der Waals surface area (Å²) < 4.78 is 36.9. The van der Waals surface area contributed by atoms with Gasteiger partial charge < -0.3 is 4.74 Å². The van der Waals surface area contributed by atoms with E-state index < -0.39 is 14.5 Å². The van der Waals surface area contributed by atoms with E-state index in [1.807, 2.05) is 0 Å². The maximum atomic E-state index is 11.5. The molecule has 0 heterocycles. The van der Waals surface area contributed by atoms with E-state index in [1.165, 1.54) is 6.92 Å². The number of ether oxygens (including phenoxy) is 1. The molecular formula is C6H4Br3F3O2. The maximum absolute atomic E-state index is 11.5. The number of hydrogen-bond acceptors (Lipinski definition) is 2. The first kappa shape index (κ1) is 14.4. The molecule has 0 N–H and O–H groups in total. The van der Waals surface area contributed by atoms with Crippen molar-refractivity contribution in [2.45, 2.75) is 15.4 Å². The third kappa shape index (κ3) is 6.83. The van der Waals surface area contributed by atoms with Crippen molar-refractivity contribution in [2.75, 3.05) is 0 Å². The molecule has 0 amide bonds. The normalized spacial score (nSPS) is 14.1. The quantitative estimate of drug-likeness (QED) is 0.377. The van der Waals surface area contributed by atoms with Crippen LogP contribution in [0.3, 0.4) is 0 Å². The van der Waals surface area contributed by atoms with Crippen LogP contribution >= 0.6 is 47.8 Å². The highest BCUT2D eigenvalue weighted by Gasteiger charge is 2.33. The van der Waals surface area contributed by atoms with Gasteiger partial charge in [0.25, 0.3) is 0 Å². The van der Waals surface area contributed by atoms with Gasteiger partial charge in [0.15, 0.2) is 2.14 Å². The van der Waals surface area contributed by atoms with Crippen molar-refractivity contribution in [3.8, 4) is 0 Å². The van der Waals surface area contributed by atoms with Gasteiger partial charge in [-0.2, -0.15) is 0 Å². The Hall–Kier alpha value is 0.440. The fourth-order valence-electron chi connectivity index (χ4n) is 0.402. The minimum absolute atomic E-state index is 0.284. The molecule has 0 saturated carbocycles. The summed E-state index contributed by atoms with van der Waals surface area (Å²) in [7, 11) is 0. The predicted octanol–water partition coefficient (Wildman–Crippen LogP) is 3.83. The molecule has 14 heavy (non-hydrogen) atoms. The van der Waals surface area contributed by atoms with Gasteiger partial charge in [0.2, 0.25) is 0 Å². The second-order valence-electron chi connectivity index (χ2n) is 2.19. The molecule has 0 aliphatic rings. The van der Waals surface area contributed by atoms with E-state index >= 15 is 0 Å². The van der Waals surface area contributed by atoms with Crippen LogP contribution in [0.2, 0.25) is 0 Å². The lowest BCUT2D eigenvalue weighted by molar-refractivity contribution is -0.303. The van der Waals surface area contributed by atoms with Crippen molar-refractivity contribution in [2.24, 2.45) is 0 Å². The number of carbonyl (C=O) groups is 1. The largest absolute Gasteiger partial charge is 0.575 e. The fraction of sp³-hybridized carbons (Fsp3) is 0.500. The van der Waals surface area contributed by atoms with Gasteiger partial charge in [0.05, 0.1) is 0 Å². The molecular weight excluding hydrogens is 401 g/mol. The SMILES string of the molecule is C/C(=C/C(=O)OC(F)(F)F)C(Br)(Br)Br. The van der Waals surface area contributed by atoms with Crippen LogP contribution in [0.4, 0.5) is 13.2 Å². The maximum Gasteiger partial charge on any atom is 0.575 e. The first-order valence-electron chi connectivity index (χ1n) is 3.07. The van der Waals surface area contributed by atoms with Crippen molar-refractivity contribution in [3.63, 3.8) is 0 Å². The first-order valence-corrected chi connectivity index (χ1v) is 5.45. The summed E-state index contributed by atoms with van der Waals surface area (Å²) in [4.78, 5) is 10.6. The van der Waals surface area contributed by atoms with Crippen LogP contribution in [0.15, 0.2) is 11.6 Å². The fourth-order valence-corrected chi connectivity index (χ4v) is 0.746. The van der Waals surface area contributed by atoms with Crippen molar-refractivity contribution in [1.29, 1.82) is 0 Å². The second kappa shape index (κ2) is 4.98. The molecule has 0 aromatic heterocycles. The monoisotopic (exact) mass is 402 g/mol. The van der Waals surface area contributed by atoms with E-state index in [0.717, 1.165) is 0 Å². The summed E-state index contributed by atoms with van der Waals surface area (Å²) in [5.74, 6) is -1.47. The molecule has 0 aliphatic carbocycles. The highest BCUT2D eigenvalue weighted by molar-refractivity contribution is 9.39. The van der Waals surface area contributed by atoms with Gasteiger partial charge in [-0.1, -0.05) is 47.8 Å². The van der Waals surface area contributed by atoms with E-state index in [4.69, 9.17) is 0 Å². The van der Waals surface area contributed by atoms with E-state index in [9.17, 15) is 18.0 Å². The minimum atomic E-state index is -4.96. The second-order valence-corrected chi connectivity index (χ2v) is 8.95. The standard InChI is InChI=1S/C6H4Br3F3O2/c1-3(5(7,8)9)2-4(13)14-6(10,11)12/h2H,1H3/b3-2-. The highest BCUT2D eigenvalue weighted by Crippen LogP contribution is 2.40. The zero-order valence-corrected chi connectivity index (χ0v) is 11.4. The molecule has 0 saturated heterocycles.